The molecule has 6 nitrogen and oxygen atoms in total. The quantitative estimate of drug-likeness (QED) is 0.645. The van der Waals surface area contributed by atoms with Gasteiger partial charge in [-0.1, -0.05) is 0 Å². The van der Waals surface area contributed by atoms with Gasteiger partial charge in [0.15, 0.2) is 5.78 Å². The van der Waals surface area contributed by atoms with E-state index in [0.717, 1.165) is 18.2 Å². The SMILES string of the molecule is COc1ccc(C(=O)CN2C(=O)N[C@@](C)(c3cc(F)ccc3F)C2=O)cc1. The molecule has 0 saturated carbocycles. The van der Waals surface area contributed by atoms with Gasteiger partial charge in [0.25, 0.3) is 5.91 Å². The van der Waals surface area contributed by atoms with Crippen LogP contribution in [0.2, 0.25) is 0 Å². The average molecular weight is 374 g/mol. The molecule has 0 spiro atoms. The standard InChI is InChI=1S/C19H16F2N2O4/c1-19(14-9-12(20)5-8-15(14)21)17(25)23(18(26)22-19)10-16(24)11-3-6-13(27-2)7-4-11/h3-9H,10H2,1-2H3,(H,22,26)/t19-/m0/s1. The van der Waals surface area contributed by atoms with Crippen molar-refractivity contribution in [3.8, 4) is 5.75 Å². The summed E-state index contributed by atoms with van der Waals surface area (Å²) in [5, 5.41) is 2.35. The van der Waals surface area contributed by atoms with Gasteiger partial charge in [-0.15, -0.1) is 0 Å². The molecule has 0 unspecified atom stereocenters. The van der Waals surface area contributed by atoms with Crippen LogP contribution < -0.4 is 10.1 Å². The van der Waals surface area contributed by atoms with Gasteiger partial charge < -0.3 is 10.1 Å². The summed E-state index contributed by atoms with van der Waals surface area (Å²) in [5.41, 5.74) is -1.83. The number of carbonyl (C=O) groups is 3. The largest absolute Gasteiger partial charge is 0.497 e. The highest BCUT2D eigenvalue weighted by Gasteiger charge is 2.50. The van der Waals surface area contributed by atoms with Crippen molar-refractivity contribution in [1.29, 1.82) is 0 Å². The van der Waals surface area contributed by atoms with E-state index in [9.17, 15) is 23.2 Å². The summed E-state index contributed by atoms with van der Waals surface area (Å²) in [6.45, 7) is 0.743. The Kier molecular flexibility index (Phi) is 4.65. The number of carbonyl (C=O) groups excluding carboxylic acids is 3. The van der Waals surface area contributed by atoms with Gasteiger partial charge >= 0.3 is 6.03 Å². The molecule has 1 N–H and O–H groups in total. The minimum absolute atomic E-state index is 0.280. The molecule has 1 aliphatic rings. The Morgan fingerprint density at radius 3 is 2.44 bits per heavy atom. The zero-order valence-corrected chi connectivity index (χ0v) is 14.6. The summed E-state index contributed by atoms with van der Waals surface area (Å²) in [6, 6.07) is 7.94. The minimum Gasteiger partial charge on any atom is -0.497 e. The predicted molar refractivity (Wildman–Crippen MR) is 91.3 cm³/mol. The smallest absolute Gasteiger partial charge is 0.325 e. The summed E-state index contributed by atoms with van der Waals surface area (Å²) in [4.78, 5) is 38.1. The van der Waals surface area contributed by atoms with Crippen molar-refractivity contribution in [1.82, 2.24) is 10.2 Å². The Morgan fingerprint density at radius 1 is 1.15 bits per heavy atom. The van der Waals surface area contributed by atoms with Crippen molar-refractivity contribution in [2.75, 3.05) is 13.7 Å². The Bertz CT molecular complexity index is 930. The van der Waals surface area contributed by atoms with E-state index < -0.39 is 41.4 Å². The zero-order chi connectivity index (χ0) is 19.8. The molecule has 3 amide bonds. The number of urea groups is 1. The normalized spacial score (nSPS) is 19.2. The molecule has 1 saturated heterocycles. The first-order chi connectivity index (χ1) is 12.8. The van der Waals surface area contributed by atoms with Crippen molar-refractivity contribution >= 4 is 17.7 Å². The Hall–Kier alpha value is -3.29. The summed E-state index contributed by atoms with van der Waals surface area (Å²) in [7, 11) is 1.48. The number of Topliss-reactive ketones (excluding diaryl/α,β-unsaturated/α-hetero) is 1. The van der Waals surface area contributed by atoms with Crippen LogP contribution in [0.15, 0.2) is 42.5 Å². The Labute approximate surface area is 153 Å². The number of hydrogen-bond donors (Lipinski definition) is 1. The molecular formula is C19H16F2N2O4. The van der Waals surface area contributed by atoms with E-state index in [0.29, 0.717) is 10.6 Å². The third kappa shape index (κ3) is 3.25. The van der Waals surface area contributed by atoms with Crippen LogP contribution >= 0.6 is 0 Å². The maximum atomic E-state index is 14.1. The minimum atomic E-state index is -1.80. The number of nitrogens with one attached hydrogen (secondary N) is 1. The molecule has 0 aromatic heterocycles. The number of rotatable bonds is 5. The lowest BCUT2D eigenvalue weighted by Gasteiger charge is -2.22. The van der Waals surface area contributed by atoms with Crippen LogP contribution in [-0.4, -0.2) is 36.3 Å². The van der Waals surface area contributed by atoms with Crippen LogP contribution in [0, 0.1) is 11.6 Å². The van der Waals surface area contributed by atoms with Crippen molar-refractivity contribution in [2.24, 2.45) is 0 Å². The van der Waals surface area contributed by atoms with E-state index in [1.54, 1.807) is 12.1 Å². The van der Waals surface area contributed by atoms with Crippen LogP contribution in [0.3, 0.4) is 0 Å². The lowest BCUT2D eigenvalue weighted by molar-refractivity contribution is -0.130. The fraction of sp³-hybridized carbons (Fsp3) is 0.211. The third-order valence-corrected chi connectivity index (χ3v) is 4.46. The molecule has 1 atom stereocenters. The maximum Gasteiger partial charge on any atom is 0.325 e. The van der Waals surface area contributed by atoms with Gasteiger partial charge in [0.1, 0.15) is 22.9 Å². The first-order valence-electron chi connectivity index (χ1n) is 8.03. The van der Waals surface area contributed by atoms with Crippen LogP contribution in [-0.2, 0) is 10.3 Å². The number of halogens is 2. The second-order valence-electron chi connectivity index (χ2n) is 6.22. The fourth-order valence-electron chi connectivity index (χ4n) is 2.92. The van der Waals surface area contributed by atoms with E-state index >= 15 is 0 Å². The lowest BCUT2D eigenvalue weighted by atomic mass is 9.91. The number of imide groups is 1. The second kappa shape index (κ2) is 6.79. The van der Waals surface area contributed by atoms with Crippen LogP contribution in [0.25, 0.3) is 0 Å². The van der Waals surface area contributed by atoms with Gasteiger partial charge in [-0.05, 0) is 49.4 Å². The monoisotopic (exact) mass is 374 g/mol. The third-order valence-electron chi connectivity index (χ3n) is 4.46. The average Bonchev–Trinajstić information content (AvgIpc) is 2.87. The molecule has 3 rings (SSSR count). The van der Waals surface area contributed by atoms with E-state index in [1.165, 1.54) is 26.2 Å². The molecule has 8 heteroatoms. The summed E-state index contributed by atoms with van der Waals surface area (Å²) in [5.74, 6) is -2.35. The number of ketones is 1. The number of methoxy groups -OCH3 is 1. The summed E-state index contributed by atoms with van der Waals surface area (Å²) >= 11 is 0. The number of hydrogen-bond acceptors (Lipinski definition) is 4. The van der Waals surface area contributed by atoms with E-state index in [2.05, 4.69) is 5.32 Å². The van der Waals surface area contributed by atoms with Crippen molar-refractivity contribution in [3.63, 3.8) is 0 Å². The van der Waals surface area contributed by atoms with Crippen LogP contribution in [0.5, 0.6) is 5.75 Å². The van der Waals surface area contributed by atoms with Gasteiger partial charge in [-0.2, -0.15) is 0 Å². The highest BCUT2D eigenvalue weighted by Crippen LogP contribution is 2.31. The molecular weight excluding hydrogens is 358 g/mol. The topological polar surface area (TPSA) is 75.7 Å². The molecule has 0 bridgehead atoms. The highest BCUT2D eigenvalue weighted by molar-refractivity contribution is 6.11. The molecule has 1 heterocycles. The molecule has 140 valence electrons. The first kappa shape index (κ1) is 18.5. The molecule has 0 radical (unpaired) electrons. The van der Waals surface area contributed by atoms with Gasteiger partial charge in [-0.3, -0.25) is 14.5 Å². The molecule has 1 aliphatic heterocycles. The molecule has 0 aliphatic carbocycles. The van der Waals surface area contributed by atoms with Crippen molar-refractivity contribution < 1.29 is 27.9 Å². The second-order valence-corrected chi connectivity index (χ2v) is 6.22. The van der Waals surface area contributed by atoms with E-state index in [4.69, 9.17) is 4.74 Å². The molecule has 27 heavy (non-hydrogen) atoms. The molecule has 2 aromatic rings. The van der Waals surface area contributed by atoms with Crippen LogP contribution in [0.4, 0.5) is 13.6 Å². The van der Waals surface area contributed by atoms with Gasteiger partial charge in [0.05, 0.1) is 13.7 Å². The molecule has 1 fully saturated rings. The number of ether oxygens (including phenoxy) is 1. The van der Waals surface area contributed by atoms with Crippen molar-refractivity contribution in [3.05, 3.63) is 65.2 Å². The summed E-state index contributed by atoms with van der Waals surface area (Å²) < 4.78 is 32.6. The highest BCUT2D eigenvalue weighted by atomic mass is 19.1. The number of amides is 3. The van der Waals surface area contributed by atoms with E-state index in [-0.39, 0.29) is 11.1 Å². The molecule has 2 aromatic carbocycles. The Balaban J connectivity index is 1.85. The first-order valence-corrected chi connectivity index (χ1v) is 8.03. The number of benzene rings is 2. The van der Waals surface area contributed by atoms with Gasteiger partial charge in [-0.25, -0.2) is 13.6 Å². The van der Waals surface area contributed by atoms with E-state index in [1.807, 2.05) is 0 Å². The van der Waals surface area contributed by atoms with Crippen molar-refractivity contribution in [2.45, 2.75) is 12.5 Å². The Morgan fingerprint density at radius 2 is 1.81 bits per heavy atom. The zero-order valence-electron chi connectivity index (χ0n) is 14.6. The van der Waals surface area contributed by atoms with Crippen LogP contribution in [0.1, 0.15) is 22.8 Å². The fourth-order valence-corrected chi connectivity index (χ4v) is 2.92. The lowest BCUT2D eigenvalue weighted by Crippen LogP contribution is -2.42. The summed E-state index contributed by atoms with van der Waals surface area (Å²) in [6.07, 6.45) is 0. The predicted octanol–water partition coefficient (Wildman–Crippen LogP) is 2.62. The van der Waals surface area contributed by atoms with Gasteiger partial charge in [0.2, 0.25) is 0 Å². The number of nitrogens with zero attached hydrogens (tertiary/aromatic N) is 1. The maximum absolute atomic E-state index is 14.1. The van der Waals surface area contributed by atoms with Gasteiger partial charge in [0, 0.05) is 11.1 Å².